The van der Waals surface area contributed by atoms with Gasteiger partial charge in [-0.05, 0) is 24.3 Å². The number of hydrogen-bond donors (Lipinski definition) is 0. The van der Waals surface area contributed by atoms with Crippen LogP contribution in [0.25, 0.3) is 0 Å². The predicted octanol–water partition coefficient (Wildman–Crippen LogP) is 2.31. The van der Waals surface area contributed by atoms with E-state index in [2.05, 4.69) is 35.7 Å². The SMILES string of the molecule is O=C1C[C@H](N2CCN(c3ncccn3)CC2)CN1c1cc(F)cc(Br)c1. The maximum atomic E-state index is 13.7. The summed E-state index contributed by atoms with van der Waals surface area (Å²) in [7, 11) is 0. The second-order valence-electron chi connectivity index (χ2n) is 6.56. The molecule has 0 bridgehead atoms. The van der Waals surface area contributed by atoms with Gasteiger partial charge >= 0.3 is 0 Å². The summed E-state index contributed by atoms with van der Waals surface area (Å²) in [5, 5.41) is 0. The molecule has 0 radical (unpaired) electrons. The zero-order chi connectivity index (χ0) is 18.1. The van der Waals surface area contributed by atoms with Gasteiger partial charge in [-0.25, -0.2) is 14.4 Å². The number of carbonyl (C=O) groups is 1. The average molecular weight is 420 g/mol. The Balaban J connectivity index is 1.40. The van der Waals surface area contributed by atoms with Crippen molar-refractivity contribution < 1.29 is 9.18 Å². The summed E-state index contributed by atoms with van der Waals surface area (Å²) >= 11 is 3.29. The van der Waals surface area contributed by atoms with Crippen molar-refractivity contribution in [1.82, 2.24) is 14.9 Å². The highest BCUT2D eigenvalue weighted by Crippen LogP contribution is 2.28. The molecule has 6 nitrogen and oxygen atoms in total. The molecule has 0 aliphatic carbocycles. The Hall–Kier alpha value is -2.06. The molecule has 2 saturated heterocycles. The molecule has 0 saturated carbocycles. The standard InChI is InChI=1S/C18H19BrFN5O/c19-13-8-14(20)10-15(9-13)25-12-16(11-17(25)26)23-4-6-24(7-5-23)18-21-2-1-3-22-18/h1-3,8-10,16H,4-7,11-12H2/t16-/m0/s1. The zero-order valence-corrected chi connectivity index (χ0v) is 15.8. The summed E-state index contributed by atoms with van der Waals surface area (Å²) in [5.74, 6) is 0.448. The predicted molar refractivity (Wildman–Crippen MR) is 101 cm³/mol. The number of halogens is 2. The lowest BCUT2D eigenvalue weighted by molar-refractivity contribution is -0.117. The van der Waals surface area contributed by atoms with Crippen molar-refractivity contribution in [1.29, 1.82) is 0 Å². The summed E-state index contributed by atoms with van der Waals surface area (Å²) in [4.78, 5) is 27.3. The Kier molecular flexibility index (Phi) is 4.86. The van der Waals surface area contributed by atoms with E-state index in [1.807, 2.05) is 6.07 Å². The van der Waals surface area contributed by atoms with Crippen LogP contribution in [0.15, 0.2) is 41.1 Å². The zero-order valence-electron chi connectivity index (χ0n) is 14.2. The Labute approximate surface area is 159 Å². The van der Waals surface area contributed by atoms with Crippen molar-refractivity contribution in [2.24, 2.45) is 0 Å². The third kappa shape index (κ3) is 3.57. The summed E-state index contributed by atoms with van der Waals surface area (Å²) in [6, 6.07) is 6.56. The third-order valence-electron chi connectivity index (χ3n) is 4.93. The fourth-order valence-corrected chi connectivity index (χ4v) is 4.07. The molecule has 26 heavy (non-hydrogen) atoms. The minimum atomic E-state index is -0.345. The van der Waals surface area contributed by atoms with Gasteiger partial charge in [0.2, 0.25) is 11.9 Å². The first-order valence-electron chi connectivity index (χ1n) is 8.62. The van der Waals surface area contributed by atoms with Crippen molar-refractivity contribution >= 4 is 33.5 Å². The van der Waals surface area contributed by atoms with Crippen molar-refractivity contribution in [3.63, 3.8) is 0 Å². The smallest absolute Gasteiger partial charge is 0.228 e. The molecule has 1 aromatic heterocycles. The second-order valence-corrected chi connectivity index (χ2v) is 7.48. The molecule has 0 N–H and O–H groups in total. The van der Waals surface area contributed by atoms with Crippen molar-refractivity contribution in [3.8, 4) is 0 Å². The maximum absolute atomic E-state index is 13.7. The number of piperazine rings is 1. The van der Waals surface area contributed by atoms with Gasteiger partial charge in [0, 0.05) is 67.7 Å². The van der Waals surface area contributed by atoms with E-state index < -0.39 is 0 Å². The van der Waals surface area contributed by atoms with Crippen molar-refractivity contribution in [3.05, 3.63) is 46.9 Å². The molecule has 0 spiro atoms. The highest BCUT2D eigenvalue weighted by Gasteiger charge is 2.36. The summed E-state index contributed by atoms with van der Waals surface area (Å²) in [6.45, 7) is 3.98. The molecular formula is C18H19BrFN5O. The Morgan fingerprint density at radius 2 is 1.81 bits per heavy atom. The summed E-state index contributed by atoms with van der Waals surface area (Å²) in [5.41, 5.74) is 0.612. The van der Waals surface area contributed by atoms with Crippen LogP contribution in [-0.2, 0) is 4.79 Å². The monoisotopic (exact) mass is 419 g/mol. The van der Waals surface area contributed by atoms with Crippen LogP contribution >= 0.6 is 15.9 Å². The number of nitrogens with zero attached hydrogens (tertiary/aromatic N) is 5. The molecule has 2 fully saturated rings. The molecular weight excluding hydrogens is 401 g/mol. The van der Waals surface area contributed by atoms with E-state index in [0.29, 0.717) is 23.1 Å². The van der Waals surface area contributed by atoms with Crippen LogP contribution in [0.2, 0.25) is 0 Å². The van der Waals surface area contributed by atoms with Gasteiger partial charge in [0.25, 0.3) is 0 Å². The molecule has 2 aromatic rings. The van der Waals surface area contributed by atoms with Gasteiger partial charge in [0.15, 0.2) is 0 Å². The maximum Gasteiger partial charge on any atom is 0.228 e. The fourth-order valence-electron chi connectivity index (χ4n) is 3.62. The van der Waals surface area contributed by atoms with Crippen LogP contribution in [0.3, 0.4) is 0 Å². The highest BCUT2D eigenvalue weighted by molar-refractivity contribution is 9.10. The molecule has 1 aromatic carbocycles. The summed E-state index contributed by atoms with van der Waals surface area (Å²) in [6.07, 6.45) is 3.97. The molecule has 0 unspecified atom stereocenters. The van der Waals surface area contributed by atoms with Gasteiger partial charge < -0.3 is 9.80 Å². The molecule has 2 aliphatic heterocycles. The minimum absolute atomic E-state index is 0.0429. The lowest BCUT2D eigenvalue weighted by atomic mass is 10.2. The van der Waals surface area contributed by atoms with Crippen LogP contribution < -0.4 is 9.80 Å². The normalized spacial score (nSPS) is 21.5. The van der Waals surface area contributed by atoms with Gasteiger partial charge in [0.1, 0.15) is 5.82 Å². The van der Waals surface area contributed by atoms with Crippen LogP contribution in [0.1, 0.15) is 6.42 Å². The highest BCUT2D eigenvalue weighted by atomic mass is 79.9. The molecule has 136 valence electrons. The number of hydrogen-bond acceptors (Lipinski definition) is 5. The van der Waals surface area contributed by atoms with Crippen LogP contribution in [0.5, 0.6) is 0 Å². The minimum Gasteiger partial charge on any atom is -0.338 e. The van der Waals surface area contributed by atoms with E-state index in [4.69, 9.17) is 0 Å². The number of amides is 1. The van der Waals surface area contributed by atoms with Gasteiger partial charge in [-0.2, -0.15) is 0 Å². The fraction of sp³-hybridized carbons (Fsp3) is 0.389. The molecule has 3 heterocycles. The summed E-state index contributed by atoms with van der Waals surface area (Å²) < 4.78 is 14.3. The van der Waals surface area contributed by atoms with Crippen molar-refractivity contribution in [2.45, 2.75) is 12.5 Å². The van der Waals surface area contributed by atoms with Crippen LogP contribution in [-0.4, -0.2) is 59.5 Å². The van der Waals surface area contributed by atoms with E-state index in [1.165, 1.54) is 12.1 Å². The van der Waals surface area contributed by atoms with E-state index >= 15 is 0 Å². The quantitative estimate of drug-likeness (QED) is 0.763. The van der Waals surface area contributed by atoms with E-state index in [9.17, 15) is 9.18 Å². The van der Waals surface area contributed by atoms with Gasteiger partial charge in [-0.15, -0.1) is 0 Å². The molecule has 1 amide bonds. The molecule has 2 aliphatic rings. The van der Waals surface area contributed by atoms with Gasteiger partial charge in [0.05, 0.1) is 0 Å². The van der Waals surface area contributed by atoms with E-state index in [1.54, 1.807) is 23.4 Å². The number of anilines is 2. The first-order valence-corrected chi connectivity index (χ1v) is 9.42. The first-order chi connectivity index (χ1) is 12.6. The lowest BCUT2D eigenvalue weighted by Gasteiger charge is -2.37. The molecule has 4 rings (SSSR count). The number of benzene rings is 1. The van der Waals surface area contributed by atoms with Crippen LogP contribution in [0, 0.1) is 5.82 Å². The number of carbonyl (C=O) groups excluding carboxylic acids is 1. The molecule has 8 heteroatoms. The second kappa shape index (κ2) is 7.28. The topological polar surface area (TPSA) is 52.6 Å². The average Bonchev–Trinajstić information content (AvgIpc) is 3.04. The van der Waals surface area contributed by atoms with Crippen molar-refractivity contribution in [2.75, 3.05) is 42.5 Å². The Bertz CT molecular complexity index is 777. The Morgan fingerprint density at radius 1 is 1.08 bits per heavy atom. The van der Waals surface area contributed by atoms with Crippen LogP contribution in [0.4, 0.5) is 16.0 Å². The number of rotatable bonds is 3. The first kappa shape index (κ1) is 17.4. The van der Waals surface area contributed by atoms with E-state index in [-0.39, 0.29) is 17.8 Å². The molecule has 1 atom stereocenters. The third-order valence-corrected chi connectivity index (χ3v) is 5.39. The largest absolute Gasteiger partial charge is 0.338 e. The Morgan fingerprint density at radius 3 is 2.50 bits per heavy atom. The lowest BCUT2D eigenvalue weighted by Crippen LogP contribution is -2.51. The van der Waals surface area contributed by atoms with E-state index in [0.717, 1.165) is 32.1 Å². The number of aromatic nitrogens is 2. The van der Waals surface area contributed by atoms with Gasteiger partial charge in [-0.1, -0.05) is 15.9 Å². The van der Waals surface area contributed by atoms with Gasteiger partial charge in [-0.3, -0.25) is 9.69 Å².